The Hall–Kier alpha value is -0.510. The molecule has 1 fully saturated rings. The number of hydrogen-bond donors (Lipinski definition) is 0. The van der Waals surface area contributed by atoms with E-state index in [1.54, 1.807) is 0 Å². The van der Waals surface area contributed by atoms with Crippen LogP contribution in [-0.4, -0.2) is 36.2 Å². The lowest BCUT2D eigenvalue weighted by atomic mass is 9.77. The molecule has 0 bridgehead atoms. The highest BCUT2D eigenvalue weighted by Gasteiger charge is 2.41. The van der Waals surface area contributed by atoms with Gasteiger partial charge in [0.2, 0.25) is 5.92 Å². The maximum atomic E-state index is 13.4. The van der Waals surface area contributed by atoms with Gasteiger partial charge in [-0.1, -0.05) is 13.8 Å². The molecule has 1 atom stereocenters. The molecule has 19 heavy (non-hydrogen) atoms. The van der Waals surface area contributed by atoms with E-state index in [0.29, 0.717) is 12.8 Å². The molecule has 2 nitrogen and oxygen atoms in total. The highest BCUT2D eigenvalue weighted by atomic mass is 19.3. The topological polar surface area (TPSA) is 20.3 Å². The average molecular weight is 275 g/mol. The Morgan fingerprint density at radius 3 is 2.32 bits per heavy atom. The van der Waals surface area contributed by atoms with Gasteiger partial charge in [0.05, 0.1) is 5.54 Å². The van der Waals surface area contributed by atoms with Crippen LogP contribution >= 0.6 is 0 Å². The molecule has 0 spiro atoms. The van der Waals surface area contributed by atoms with Crippen LogP contribution in [0, 0.1) is 5.92 Å². The van der Waals surface area contributed by atoms with Crippen LogP contribution in [0.1, 0.15) is 58.8 Å². The monoisotopic (exact) mass is 275 g/mol. The zero-order valence-electron chi connectivity index (χ0n) is 12.6. The Balaban J connectivity index is 2.72. The number of Topliss-reactive ketones (excluding diaryl/α,β-unsaturated/α-hetero) is 1. The molecule has 1 saturated carbocycles. The number of rotatable bonds is 6. The molecule has 0 radical (unpaired) electrons. The summed E-state index contributed by atoms with van der Waals surface area (Å²) in [6, 6.07) is 0. The molecular formula is C15H27F2NO. The molecule has 1 rings (SSSR count). The summed E-state index contributed by atoms with van der Waals surface area (Å²) < 4.78 is 26.8. The van der Waals surface area contributed by atoms with E-state index in [4.69, 9.17) is 0 Å². The molecule has 0 N–H and O–H groups in total. The van der Waals surface area contributed by atoms with Crippen LogP contribution in [0.25, 0.3) is 0 Å². The molecule has 1 aliphatic carbocycles. The predicted octanol–water partition coefficient (Wildman–Crippen LogP) is 3.89. The number of likely N-dealkylation sites (N-methyl/N-ethyl adjacent to an activating group) is 1. The number of nitrogens with zero attached hydrogens (tertiary/aromatic N) is 1. The summed E-state index contributed by atoms with van der Waals surface area (Å²) in [5, 5.41) is 0. The van der Waals surface area contributed by atoms with Crippen molar-refractivity contribution in [2.45, 2.75) is 70.3 Å². The number of carbonyl (C=O) groups is 1. The summed E-state index contributed by atoms with van der Waals surface area (Å²) >= 11 is 0. The lowest BCUT2D eigenvalue weighted by molar-refractivity contribution is -0.133. The summed E-state index contributed by atoms with van der Waals surface area (Å²) in [5.41, 5.74) is -0.479. The fourth-order valence-electron chi connectivity index (χ4n) is 3.43. The third-order valence-electron chi connectivity index (χ3n) is 4.76. The first-order chi connectivity index (χ1) is 8.77. The van der Waals surface area contributed by atoms with Crippen LogP contribution in [0.4, 0.5) is 8.78 Å². The second-order valence-electron chi connectivity index (χ2n) is 6.08. The van der Waals surface area contributed by atoms with Gasteiger partial charge in [0.15, 0.2) is 5.78 Å². The zero-order chi connectivity index (χ0) is 14.7. The van der Waals surface area contributed by atoms with Gasteiger partial charge in [-0.05, 0) is 45.7 Å². The minimum Gasteiger partial charge on any atom is -0.298 e. The van der Waals surface area contributed by atoms with Crippen LogP contribution in [0.5, 0.6) is 0 Å². The van der Waals surface area contributed by atoms with E-state index in [1.165, 1.54) is 0 Å². The molecule has 1 unspecified atom stereocenters. The van der Waals surface area contributed by atoms with E-state index in [1.807, 2.05) is 32.8 Å². The zero-order valence-corrected chi connectivity index (χ0v) is 12.6. The highest BCUT2D eigenvalue weighted by Crippen LogP contribution is 2.39. The molecule has 0 aromatic rings. The van der Waals surface area contributed by atoms with Gasteiger partial charge in [-0.15, -0.1) is 0 Å². The van der Waals surface area contributed by atoms with Crippen molar-refractivity contribution in [1.82, 2.24) is 4.90 Å². The Morgan fingerprint density at radius 2 is 1.89 bits per heavy atom. The van der Waals surface area contributed by atoms with Crippen molar-refractivity contribution >= 4 is 5.78 Å². The second-order valence-corrected chi connectivity index (χ2v) is 6.08. The summed E-state index contributed by atoms with van der Waals surface area (Å²) in [4.78, 5) is 14.5. The smallest absolute Gasteiger partial charge is 0.248 e. The third kappa shape index (κ3) is 3.74. The van der Waals surface area contributed by atoms with Gasteiger partial charge in [0.1, 0.15) is 0 Å². The number of hydrogen-bond acceptors (Lipinski definition) is 2. The van der Waals surface area contributed by atoms with Crippen molar-refractivity contribution in [1.29, 1.82) is 0 Å². The fourth-order valence-corrected chi connectivity index (χ4v) is 3.43. The minimum atomic E-state index is -2.57. The quantitative estimate of drug-likeness (QED) is 0.733. The fraction of sp³-hybridized carbons (Fsp3) is 0.933. The van der Waals surface area contributed by atoms with Gasteiger partial charge < -0.3 is 0 Å². The van der Waals surface area contributed by atoms with Crippen LogP contribution in [0.15, 0.2) is 0 Å². The number of carbonyl (C=O) groups excluding carboxylic acids is 1. The second kappa shape index (κ2) is 6.29. The summed E-state index contributed by atoms with van der Waals surface area (Å²) in [7, 11) is 3.81. The Labute approximate surface area is 115 Å². The van der Waals surface area contributed by atoms with Crippen LogP contribution in [0.3, 0.4) is 0 Å². The van der Waals surface area contributed by atoms with E-state index >= 15 is 0 Å². The largest absolute Gasteiger partial charge is 0.298 e. The minimum absolute atomic E-state index is 0.0158. The predicted molar refractivity (Wildman–Crippen MR) is 73.5 cm³/mol. The van der Waals surface area contributed by atoms with Crippen molar-refractivity contribution < 1.29 is 13.6 Å². The molecule has 0 aromatic carbocycles. The molecule has 0 aliphatic heterocycles. The van der Waals surface area contributed by atoms with Crippen molar-refractivity contribution in [2.75, 3.05) is 14.1 Å². The third-order valence-corrected chi connectivity index (χ3v) is 4.76. The first-order valence-corrected chi connectivity index (χ1v) is 7.36. The van der Waals surface area contributed by atoms with Crippen molar-refractivity contribution in [3.63, 3.8) is 0 Å². The maximum Gasteiger partial charge on any atom is 0.248 e. The molecule has 0 heterocycles. The van der Waals surface area contributed by atoms with E-state index in [9.17, 15) is 13.6 Å². The lowest BCUT2D eigenvalue weighted by Gasteiger charge is -2.39. The van der Waals surface area contributed by atoms with Gasteiger partial charge in [-0.2, -0.15) is 0 Å². The molecule has 4 heteroatoms. The van der Waals surface area contributed by atoms with Crippen molar-refractivity contribution in [3.8, 4) is 0 Å². The summed E-state index contributed by atoms with van der Waals surface area (Å²) in [6.07, 6.45) is 2.94. The lowest BCUT2D eigenvalue weighted by Crippen LogP contribution is -2.51. The van der Waals surface area contributed by atoms with Gasteiger partial charge in [-0.25, -0.2) is 8.78 Å². The van der Waals surface area contributed by atoms with E-state index < -0.39 is 11.5 Å². The number of halogens is 2. The first kappa shape index (κ1) is 16.5. The van der Waals surface area contributed by atoms with Gasteiger partial charge in [0.25, 0.3) is 0 Å². The van der Waals surface area contributed by atoms with Crippen LogP contribution in [0.2, 0.25) is 0 Å². The molecular weight excluding hydrogens is 248 g/mol. The number of alkyl halides is 2. The van der Waals surface area contributed by atoms with E-state index in [2.05, 4.69) is 0 Å². The Morgan fingerprint density at radius 1 is 1.32 bits per heavy atom. The maximum absolute atomic E-state index is 13.4. The van der Waals surface area contributed by atoms with Gasteiger partial charge >= 0.3 is 0 Å². The van der Waals surface area contributed by atoms with Crippen LogP contribution < -0.4 is 0 Å². The van der Waals surface area contributed by atoms with E-state index in [-0.39, 0.29) is 24.5 Å². The first-order valence-electron chi connectivity index (χ1n) is 7.36. The van der Waals surface area contributed by atoms with Crippen molar-refractivity contribution in [3.05, 3.63) is 0 Å². The highest BCUT2D eigenvalue weighted by molar-refractivity contribution is 5.88. The van der Waals surface area contributed by atoms with Gasteiger partial charge in [-0.3, -0.25) is 9.69 Å². The Bertz CT molecular complexity index is 311. The molecule has 0 aromatic heterocycles. The van der Waals surface area contributed by atoms with E-state index in [0.717, 1.165) is 19.3 Å². The molecule has 1 aliphatic rings. The van der Waals surface area contributed by atoms with Crippen molar-refractivity contribution in [2.24, 2.45) is 5.92 Å². The summed E-state index contributed by atoms with van der Waals surface area (Å²) in [6.45, 7) is 3.99. The standard InChI is InChI=1S/C15H27F2NO/c1-5-14(6-2,18(3)4)13(19)10-12-8-7-9-15(16,17)11-12/h12H,5-11H2,1-4H3. The normalized spacial score (nSPS) is 23.6. The SMILES string of the molecule is CCC(CC)(C(=O)CC1CCCC(F)(F)C1)N(C)C. The molecule has 0 amide bonds. The number of ketones is 1. The van der Waals surface area contributed by atoms with Gasteiger partial charge in [0, 0.05) is 19.3 Å². The molecule has 112 valence electrons. The van der Waals surface area contributed by atoms with Crippen LogP contribution in [-0.2, 0) is 4.79 Å². The average Bonchev–Trinajstić information content (AvgIpc) is 2.29. The Kier molecular flexibility index (Phi) is 5.48. The molecule has 0 saturated heterocycles. The summed E-state index contributed by atoms with van der Waals surface area (Å²) in [5.74, 6) is -2.58.